The first-order valence-corrected chi connectivity index (χ1v) is 6.89. The fraction of sp³-hybridized carbons (Fsp3) is 0.467. The molecule has 2 unspecified atom stereocenters. The third kappa shape index (κ3) is 3.00. The zero-order valence-electron chi connectivity index (χ0n) is 12.0. The highest BCUT2D eigenvalue weighted by Crippen LogP contribution is 2.40. The van der Waals surface area contributed by atoms with E-state index in [1.54, 1.807) is 12.1 Å². The SMILES string of the molecule is CC1Oc2c(C(=O)N[C@H](CCO)C(=O)O)cccc2C1C. The smallest absolute Gasteiger partial charge is 0.326 e. The van der Waals surface area contributed by atoms with Crippen LogP contribution < -0.4 is 10.1 Å². The van der Waals surface area contributed by atoms with Crippen molar-refractivity contribution in [2.24, 2.45) is 0 Å². The number of benzene rings is 1. The van der Waals surface area contributed by atoms with E-state index in [9.17, 15) is 9.59 Å². The van der Waals surface area contributed by atoms with Crippen LogP contribution in [0.1, 0.15) is 42.1 Å². The zero-order valence-corrected chi connectivity index (χ0v) is 12.0. The Morgan fingerprint density at radius 2 is 2.10 bits per heavy atom. The van der Waals surface area contributed by atoms with Gasteiger partial charge in [0.25, 0.3) is 5.91 Å². The number of nitrogens with one attached hydrogen (secondary N) is 1. The number of ether oxygens (including phenoxy) is 1. The second-order valence-corrected chi connectivity index (χ2v) is 5.21. The van der Waals surface area contributed by atoms with Gasteiger partial charge in [-0.05, 0) is 13.0 Å². The van der Waals surface area contributed by atoms with Gasteiger partial charge in [-0.25, -0.2) is 4.79 Å². The molecule has 1 aromatic carbocycles. The van der Waals surface area contributed by atoms with E-state index in [1.165, 1.54) is 0 Å². The predicted octanol–water partition coefficient (Wildman–Crippen LogP) is 1.14. The van der Waals surface area contributed by atoms with Gasteiger partial charge in [0.15, 0.2) is 0 Å². The van der Waals surface area contributed by atoms with Crippen molar-refractivity contribution in [3.8, 4) is 5.75 Å². The number of fused-ring (bicyclic) bond motifs is 1. The molecule has 0 radical (unpaired) electrons. The number of amides is 1. The summed E-state index contributed by atoms with van der Waals surface area (Å²) in [5, 5.41) is 20.3. The first-order valence-electron chi connectivity index (χ1n) is 6.89. The Kier molecular flexibility index (Phi) is 4.47. The molecule has 1 aliphatic heterocycles. The molecule has 6 heteroatoms. The molecule has 3 N–H and O–H groups in total. The molecule has 21 heavy (non-hydrogen) atoms. The molecule has 1 amide bonds. The van der Waals surface area contributed by atoms with Gasteiger partial charge in [-0.15, -0.1) is 0 Å². The molecule has 114 valence electrons. The molecule has 1 aromatic rings. The molecule has 0 aromatic heterocycles. The molecular weight excluding hydrogens is 274 g/mol. The van der Waals surface area contributed by atoms with Gasteiger partial charge in [0, 0.05) is 24.5 Å². The maximum atomic E-state index is 12.3. The summed E-state index contributed by atoms with van der Waals surface area (Å²) in [5.41, 5.74) is 1.28. The molecule has 1 heterocycles. The highest BCUT2D eigenvalue weighted by atomic mass is 16.5. The average molecular weight is 293 g/mol. The Bertz CT molecular complexity index is 557. The minimum Gasteiger partial charge on any atom is -0.489 e. The van der Waals surface area contributed by atoms with Crippen LogP contribution in [0.15, 0.2) is 18.2 Å². The highest BCUT2D eigenvalue weighted by molar-refractivity contribution is 5.99. The number of hydrogen-bond acceptors (Lipinski definition) is 4. The van der Waals surface area contributed by atoms with Crippen molar-refractivity contribution in [3.63, 3.8) is 0 Å². The van der Waals surface area contributed by atoms with Crippen LogP contribution >= 0.6 is 0 Å². The minimum atomic E-state index is -1.17. The maximum Gasteiger partial charge on any atom is 0.326 e. The molecular formula is C15H19NO5. The van der Waals surface area contributed by atoms with Gasteiger partial charge in [0.05, 0.1) is 5.56 Å². The average Bonchev–Trinajstić information content (AvgIpc) is 2.73. The normalized spacial score (nSPS) is 21.3. The number of carboxylic acids is 1. The predicted molar refractivity (Wildman–Crippen MR) is 75.5 cm³/mol. The van der Waals surface area contributed by atoms with Crippen LogP contribution in [0.3, 0.4) is 0 Å². The van der Waals surface area contributed by atoms with Crippen molar-refractivity contribution >= 4 is 11.9 Å². The van der Waals surface area contributed by atoms with Crippen LogP contribution in [0, 0.1) is 0 Å². The summed E-state index contributed by atoms with van der Waals surface area (Å²) >= 11 is 0. The van der Waals surface area contributed by atoms with E-state index in [2.05, 4.69) is 5.32 Å². The van der Waals surface area contributed by atoms with Crippen molar-refractivity contribution in [1.82, 2.24) is 5.32 Å². The molecule has 1 aliphatic rings. The summed E-state index contributed by atoms with van der Waals surface area (Å²) in [5.74, 6) is -0.981. The molecule has 3 atom stereocenters. The summed E-state index contributed by atoms with van der Waals surface area (Å²) in [6, 6.07) is 4.15. The monoisotopic (exact) mass is 293 g/mol. The summed E-state index contributed by atoms with van der Waals surface area (Å²) in [6.45, 7) is 3.64. The summed E-state index contributed by atoms with van der Waals surface area (Å²) in [4.78, 5) is 23.3. The van der Waals surface area contributed by atoms with Gasteiger partial charge < -0.3 is 20.3 Å². The molecule has 0 aliphatic carbocycles. The molecule has 2 rings (SSSR count). The van der Waals surface area contributed by atoms with E-state index in [0.29, 0.717) is 11.3 Å². The fourth-order valence-corrected chi connectivity index (χ4v) is 2.39. The lowest BCUT2D eigenvalue weighted by atomic mass is 9.96. The van der Waals surface area contributed by atoms with Crippen LogP contribution in [-0.4, -0.2) is 40.8 Å². The van der Waals surface area contributed by atoms with Crippen LogP contribution in [0.5, 0.6) is 5.75 Å². The fourth-order valence-electron chi connectivity index (χ4n) is 2.39. The summed E-state index contributed by atoms with van der Waals surface area (Å²) in [7, 11) is 0. The third-order valence-corrected chi connectivity index (χ3v) is 3.81. The number of aliphatic hydroxyl groups is 1. The first-order chi connectivity index (χ1) is 9.95. The Hall–Kier alpha value is -2.08. The van der Waals surface area contributed by atoms with Gasteiger partial charge in [0.1, 0.15) is 17.9 Å². The standard InChI is InChI=1S/C15H19NO5/c1-8-9(2)21-13-10(8)4-3-5-11(13)14(18)16-12(6-7-17)15(19)20/h3-5,8-9,12,17H,6-7H2,1-2H3,(H,16,18)(H,19,20)/t8?,9?,12-/m1/s1. The number of para-hydroxylation sites is 1. The van der Waals surface area contributed by atoms with Crippen LogP contribution in [0.4, 0.5) is 0 Å². The molecule has 0 saturated heterocycles. The van der Waals surface area contributed by atoms with Crippen LogP contribution in [0.25, 0.3) is 0 Å². The number of carbonyl (C=O) groups excluding carboxylic acids is 1. The number of hydrogen-bond donors (Lipinski definition) is 3. The first kappa shape index (κ1) is 15.3. The number of carboxylic acid groups (broad SMARTS) is 1. The van der Waals surface area contributed by atoms with Gasteiger partial charge >= 0.3 is 5.97 Å². The lowest BCUT2D eigenvalue weighted by Crippen LogP contribution is -2.41. The minimum absolute atomic E-state index is 0.0262. The Balaban J connectivity index is 2.23. The van der Waals surface area contributed by atoms with Crippen molar-refractivity contribution in [3.05, 3.63) is 29.3 Å². The van der Waals surface area contributed by atoms with Crippen molar-refractivity contribution in [1.29, 1.82) is 0 Å². The Morgan fingerprint density at radius 1 is 1.38 bits per heavy atom. The molecule has 0 fully saturated rings. The van der Waals surface area contributed by atoms with Crippen molar-refractivity contribution in [2.45, 2.75) is 38.3 Å². The van der Waals surface area contributed by atoms with Gasteiger partial charge in [-0.2, -0.15) is 0 Å². The lowest BCUT2D eigenvalue weighted by Gasteiger charge is -2.15. The quantitative estimate of drug-likeness (QED) is 0.756. The second kappa shape index (κ2) is 6.13. The Labute approximate surface area is 122 Å². The zero-order chi connectivity index (χ0) is 15.6. The number of aliphatic carboxylic acids is 1. The molecule has 0 saturated carbocycles. The van der Waals surface area contributed by atoms with Crippen LogP contribution in [-0.2, 0) is 4.79 Å². The van der Waals surface area contributed by atoms with E-state index in [0.717, 1.165) is 5.56 Å². The number of aliphatic hydroxyl groups excluding tert-OH is 1. The summed E-state index contributed by atoms with van der Waals surface area (Å²) in [6.07, 6.45) is -0.0642. The van der Waals surface area contributed by atoms with E-state index < -0.39 is 17.9 Å². The maximum absolute atomic E-state index is 12.3. The van der Waals surface area contributed by atoms with E-state index in [1.807, 2.05) is 19.9 Å². The second-order valence-electron chi connectivity index (χ2n) is 5.21. The summed E-state index contributed by atoms with van der Waals surface area (Å²) < 4.78 is 5.72. The Morgan fingerprint density at radius 3 is 2.71 bits per heavy atom. The lowest BCUT2D eigenvalue weighted by molar-refractivity contribution is -0.139. The van der Waals surface area contributed by atoms with E-state index >= 15 is 0 Å². The molecule has 0 bridgehead atoms. The van der Waals surface area contributed by atoms with Gasteiger partial charge in [-0.3, -0.25) is 4.79 Å². The number of rotatable bonds is 5. The molecule has 6 nitrogen and oxygen atoms in total. The molecule has 0 spiro atoms. The third-order valence-electron chi connectivity index (χ3n) is 3.81. The van der Waals surface area contributed by atoms with Gasteiger partial charge in [-0.1, -0.05) is 19.1 Å². The van der Waals surface area contributed by atoms with Crippen LogP contribution in [0.2, 0.25) is 0 Å². The van der Waals surface area contributed by atoms with Crippen molar-refractivity contribution in [2.75, 3.05) is 6.61 Å². The van der Waals surface area contributed by atoms with E-state index in [4.69, 9.17) is 14.9 Å². The highest BCUT2D eigenvalue weighted by Gasteiger charge is 2.32. The number of carbonyl (C=O) groups is 2. The largest absolute Gasteiger partial charge is 0.489 e. The van der Waals surface area contributed by atoms with Gasteiger partial charge in [0.2, 0.25) is 0 Å². The van der Waals surface area contributed by atoms with E-state index in [-0.39, 0.29) is 25.0 Å². The van der Waals surface area contributed by atoms with Crippen molar-refractivity contribution < 1.29 is 24.5 Å². The topological polar surface area (TPSA) is 95.9 Å².